The number of allylic oxidation sites excluding steroid dienone is 2. The summed E-state index contributed by atoms with van der Waals surface area (Å²) in [6.07, 6.45) is 13.0. The predicted octanol–water partition coefficient (Wildman–Crippen LogP) is 2.46. The number of aromatic nitrogens is 3. The van der Waals surface area contributed by atoms with Crippen LogP contribution in [-0.4, -0.2) is 32.0 Å². The van der Waals surface area contributed by atoms with E-state index >= 15 is 0 Å². The molecule has 1 aromatic rings. The molecule has 132 valence electrons. The Bertz CT molecular complexity index is 602. The third kappa shape index (κ3) is 3.86. The van der Waals surface area contributed by atoms with Crippen LogP contribution in [0.5, 0.6) is 0 Å². The zero-order chi connectivity index (χ0) is 17.2. The molecule has 6 heteroatoms. The summed E-state index contributed by atoms with van der Waals surface area (Å²) in [6, 6.07) is 0.207. The zero-order valence-electron chi connectivity index (χ0n) is 14.6. The van der Waals surface area contributed by atoms with Gasteiger partial charge in [0.25, 0.3) is 0 Å². The number of rotatable bonds is 4. The average Bonchev–Trinajstić information content (AvgIpc) is 3.06. The van der Waals surface area contributed by atoms with Crippen LogP contribution in [0.1, 0.15) is 70.5 Å². The first-order valence-corrected chi connectivity index (χ1v) is 9.05. The third-order valence-electron chi connectivity index (χ3n) is 5.17. The van der Waals surface area contributed by atoms with Crippen molar-refractivity contribution < 1.29 is 9.90 Å². The Morgan fingerprint density at radius 1 is 1.29 bits per heavy atom. The Morgan fingerprint density at radius 2 is 2.08 bits per heavy atom. The highest BCUT2D eigenvalue weighted by Crippen LogP contribution is 2.30. The fourth-order valence-electron chi connectivity index (χ4n) is 3.65. The van der Waals surface area contributed by atoms with Crippen LogP contribution in [0.15, 0.2) is 18.3 Å². The monoisotopic (exact) mass is 332 g/mol. The van der Waals surface area contributed by atoms with Crippen LogP contribution in [0.3, 0.4) is 0 Å². The molecule has 24 heavy (non-hydrogen) atoms. The molecule has 2 aliphatic carbocycles. The van der Waals surface area contributed by atoms with E-state index in [2.05, 4.69) is 27.8 Å². The van der Waals surface area contributed by atoms with Crippen LogP contribution in [0.2, 0.25) is 0 Å². The smallest absolute Gasteiger partial charge is 0.223 e. The fraction of sp³-hybridized carbons (Fsp3) is 0.722. The lowest BCUT2D eigenvalue weighted by Crippen LogP contribution is -2.45. The molecule has 0 saturated heterocycles. The first-order chi connectivity index (χ1) is 11.4. The number of carbonyl (C=O) groups excluding carboxylic acids is 1. The normalized spacial score (nSPS) is 27.9. The van der Waals surface area contributed by atoms with Crippen molar-refractivity contribution in [3.05, 3.63) is 24.0 Å². The summed E-state index contributed by atoms with van der Waals surface area (Å²) in [5.74, 6) is 0.263. The highest BCUT2D eigenvalue weighted by Gasteiger charge is 2.32. The van der Waals surface area contributed by atoms with Gasteiger partial charge in [-0.1, -0.05) is 30.2 Å². The van der Waals surface area contributed by atoms with Crippen LogP contribution >= 0.6 is 0 Å². The molecule has 3 atom stereocenters. The number of amides is 1. The first-order valence-electron chi connectivity index (χ1n) is 9.05. The Kier molecular flexibility index (Phi) is 5.04. The van der Waals surface area contributed by atoms with Crippen LogP contribution in [0.25, 0.3) is 0 Å². The maximum atomic E-state index is 12.6. The number of carbonyl (C=O) groups is 1. The molecule has 1 saturated carbocycles. The van der Waals surface area contributed by atoms with E-state index in [0.717, 1.165) is 44.9 Å². The van der Waals surface area contributed by atoms with Crippen molar-refractivity contribution in [3.63, 3.8) is 0 Å². The minimum absolute atomic E-state index is 0.0912. The van der Waals surface area contributed by atoms with E-state index in [1.54, 1.807) is 13.8 Å². The van der Waals surface area contributed by atoms with E-state index in [9.17, 15) is 9.90 Å². The minimum Gasteiger partial charge on any atom is -0.384 e. The highest BCUT2D eigenvalue weighted by molar-refractivity contribution is 5.79. The van der Waals surface area contributed by atoms with Crippen molar-refractivity contribution in [1.82, 2.24) is 20.3 Å². The summed E-state index contributed by atoms with van der Waals surface area (Å²) in [5, 5.41) is 21.7. The standard InChI is InChI=1S/C18H28N4O2/c1-18(2,24)16-12-22(21-20-16)15-11-7-6-10-14(15)19-17(23)13-8-4-3-5-9-13/h3-4,12-15,24H,5-11H2,1-2H3,(H,19,23)/t13?,14-,15+/m0/s1. The number of aliphatic hydroxyl groups is 1. The quantitative estimate of drug-likeness (QED) is 0.830. The molecule has 3 rings (SSSR count). The van der Waals surface area contributed by atoms with Crippen molar-refractivity contribution in [2.45, 2.75) is 76.5 Å². The lowest BCUT2D eigenvalue weighted by molar-refractivity contribution is -0.126. The summed E-state index contributed by atoms with van der Waals surface area (Å²) >= 11 is 0. The second-order valence-corrected chi connectivity index (χ2v) is 7.59. The Morgan fingerprint density at radius 3 is 2.75 bits per heavy atom. The topological polar surface area (TPSA) is 80.0 Å². The van der Waals surface area contributed by atoms with E-state index in [1.165, 1.54) is 0 Å². The molecule has 0 bridgehead atoms. The minimum atomic E-state index is -1.000. The summed E-state index contributed by atoms with van der Waals surface area (Å²) in [7, 11) is 0. The van der Waals surface area contributed by atoms with Gasteiger partial charge in [-0.3, -0.25) is 4.79 Å². The van der Waals surface area contributed by atoms with Gasteiger partial charge >= 0.3 is 0 Å². The summed E-state index contributed by atoms with van der Waals surface area (Å²) in [6.45, 7) is 3.41. The number of nitrogens with one attached hydrogen (secondary N) is 1. The second kappa shape index (κ2) is 7.05. The van der Waals surface area contributed by atoms with Crippen molar-refractivity contribution in [2.75, 3.05) is 0 Å². The Labute approximate surface area is 143 Å². The fourth-order valence-corrected chi connectivity index (χ4v) is 3.65. The van der Waals surface area contributed by atoms with Crippen LogP contribution < -0.4 is 5.32 Å². The SMILES string of the molecule is CC(C)(O)c1cn([C@@H]2CCCC[C@@H]2NC(=O)C2CC=CCC2)nn1. The summed E-state index contributed by atoms with van der Waals surface area (Å²) in [4.78, 5) is 12.6. The molecule has 1 amide bonds. The van der Waals surface area contributed by atoms with Gasteiger partial charge in [0, 0.05) is 5.92 Å². The summed E-state index contributed by atoms with van der Waals surface area (Å²) in [5.41, 5.74) is -0.435. The molecule has 0 aliphatic heterocycles. The molecule has 1 unspecified atom stereocenters. The lowest BCUT2D eigenvalue weighted by Gasteiger charge is -2.33. The third-order valence-corrected chi connectivity index (χ3v) is 5.17. The molecule has 2 aliphatic rings. The van der Waals surface area contributed by atoms with Gasteiger partial charge in [0.1, 0.15) is 11.3 Å². The van der Waals surface area contributed by atoms with Gasteiger partial charge in [-0.25, -0.2) is 4.68 Å². The van der Waals surface area contributed by atoms with Crippen molar-refractivity contribution in [2.24, 2.45) is 5.92 Å². The lowest BCUT2D eigenvalue weighted by atomic mass is 9.88. The molecule has 1 fully saturated rings. The second-order valence-electron chi connectivity index (χ2n) is 7.59. The molecule has 2 N–H and O–H groups in total. The van der Waals surface area contributed by atoms with Crippen LogP contribution in [0, 0.1) is 5.92 Å². The van der Waals surface area contributed by atoms with Gasteiger partial charge in [-0.15, -0.1) is 5.10 Å². The van der Waals surface area contributed by atoms with Gasteiger partial charge in [0.15, 0.2) is 0 Å². The van der Waals surface area contributed by atoms with Crippen molar-refractivity contribution >= 4 is 5.91 Å². The molecule has 0 spiro atoms. The largest absolute Gasteiger partial charge is 0.384 e. The first kappa shape index (κ1) is 17.1. The van der Waals surface area contributed by atoms with E-state index in [0.29, 0.717) is 5.69 Å². The molecule has 6 nitrogen and oxygen atoms in total. The van der Waals surface area contributed by atoms with Crippen LogP contribution in [-0.2, 0) is 10.4 Å². The number of hydrogen-bond acceptors (Lipinski definition) is 4. The van der Waals surface area contributed by atoms with Gasteiger partial charge in [0.2, 0.25) is 5.91 Å². The van der Waals surface area contributed by atoms with Crippen molar-refractivity contribution in [3.8, 4) is 0 Å². The molecule has 1 heterocycles. The highest BCUT2D eigenvalue weighted by atomic mass is 16.3. The predicted molar refractivity (Wildman–Crippen MR) is 91.2 cm³/mol. The molecule has 1 aromatic heterocycles. The maximum absolute atomic E-state index is 12.6. The zero-order valence-corrected chi connectivity index (χ0v) is 14.6. The Balaban J connectivity index is 1.70. The molecule has 0 aromatic carbocycles. The van der Waals surface area contributed by atoms with Crippen molar-refractivity contribution in [1.29, 1.82) is 0 Å². The number of hydrogen-bond donors (Lipinski definition) is 2. The summed E-state index contributed by atoms with van der Waals surface area (Å²) < 4.78 is 1.83. The van der Waals surface area contributed by atoms with E-state index in [1.807, 2.05) is 10.9 Å². The van der Waals surface area contributed by atoms with E-state index in [-0.39, 0.29) is 23.9 Å². The van der Waals surface area contributed by atoms with Gasteiger partial charge in [-0.05, 0) is 46.0 Å². The maximum Gasteiger partial charge on any atom is 0.223 e. The molecular formula is C18H28N4O2. The van der Waals surface area contributed by atoms with Gasteiger partial charge < -0.3 is 10.4 Å². The molecule has 0 radical (unpaired) electrons. The van der Waals surface area contributed by atoms with E-state index < -0.39 is 5.60 Å². The van der Waals surface area contributed by atoms with Gasteiger partial charge in [0.05, 0.1) is 18.3 Å². The van der Waals surface area contributed by atoms with Gasteiger partial charge in [-0.2, -0.15) is 0 Å². The molecular weight excluding hydrogens is 304 g/mol. The number of nitrogens with zero attached hydrogens (tertiary/aromatic N) is 3. The van der Waals surface area contributed by atoms with E-state index in [4.69, 9.17) is 0 Å². The Hall–Kier alpha value is -1.69. The van der Waals surface area contributed by atoms with Crippen LogP contribution in [0.4, 0.5) is 0 Å². The average molecular weight is 332 g/mol.